The number of nitrogens with zero attached hydrogens (tertiary/aromatic N) is 3. The zero-order valence-electron chi connectivity index (χ0n) is 17.7. The molecule has 0 spiro atoms. The largest absolute Gasteiger partial charge is 0.491 e. The second kappa shape index (κ2) is 9.80. The highest BCUT2D eigenvalue weighted by Gasteiger charge is 2.34. The van der Waals surface area contributed by atoms with Crippen LogP contribution < -0.4 is 4.74 Å². The van der Waals surface area contributed by atoms with Crippen LogP contribution in [0.1, 0.15) is 46.7 Å². The summed E-state index contributed by atoms with van der Waals surface area (Å²) >= 11 is 5.09. The van der Waals surface area contributed by atoms with Gasteiger partial charge in [0.25, 0.3) is 5.91 Å². The summed E-state index contributed by atoms with van der Waals surface area (Å²) in [5, 5.41) is 3.06. The van der Waals surface area contributed by atoms with Gasteiger partial charge in [-0.3, -0.25) is 4.79 Å². The Kier molecular flexibility index (Phi) is 7.04. The van der Waals surface area contributed by atoms with E-state index in [9.17, 15) is 18.0 Å². The normalized spacial score (nSPS) is 15.0. The fraction of sp³-hybridized carbons (Fsp3) is 0.348. The number of halogens is 4. The number of carbonyl (C=O) groups excluding carboxylic acids is 1. The number of hydrogen-bond donors (Lipinski definition) is 0. The Bertz CT molecular complexity index is 1140. The van der Waals surface area contributed by atoms with Gasteiger partial charge in [0.05, 0.1) is 22.9 Å². The fourth-order valence-corrected chi connectivity index (χ4v) is 5.16. The van der Waals surface area contributed by atoms with Crippen LogP contribution in [0.25, 0.3) is 11.3 Å². The monoisotopic (exact) mass is 539 g/mol. The van der Waals surface area contributed by atoms with Crippen molar-refractivity contribution in [2.45, 2.75) is 31.9 Å². The Balaban J connectivity index is 1.44. The molecular formula is C23H21BrF3N3O2S. The van der Waals surface area contributed by atoms with E-state index in [2.05, 4.69) is 20.9 Å². The van der Waals surface area contributed by atoms with E-state index in [0.29, 0.717) is 19.3 Å². The molecule has 0 bridgehead atoms. The van der Waals surface area contributed by atoms with Crippen molar-refractivity contribution in [3.8, 4) is 17.0 Å². The SMILES string of the molecule is CCOc1cc(C(F)(F)F)cnc1C(=O)N1CCC(c2nc(-c3cccc(Br)c3)cs2)CC1. The molecule has 0 unspecified atom stereocenters. The molecule has 1 amide bonds. The number of alkyl halides is 3. The molecule has 10 heteroatoms. The molecule has 33 heavy (non-hydrogen) atoms. The first-order valence-corrected chi connectivity index (χ1v) is 12.1. The lowest BCUT2D eigenvalue weighted by Crippen LogP contribution is -2.38. The first kappa shape index (κ1) is 23.7. The highest BCUT2D eigenvalue weighted by molar-refractivity contribution is 9.10. The van der Waals surface area contributed by atoms with Gasteiger partial charge in [-0.05, 0) is 38.0 Å². The van der Waals surface area contributed by atoms with Crippen LogP contribution in [0.15, 0.2) is 46.4 Å². The zero-order chi connectivity index (χ0) is 23.6. The molecule has 3 heterocycles. The summed E-state index contributed by atoms with van der Waals surface area (Å²) in [6.45, 7) is 2.74. The van der Waals surface area contributed by atoms with Crippen LogP contribution in [0.5, 0.6) is 5.75 Å². The molecule has 1 saturated heterocycles. The van der Waals surface area contributed by atoms with Crippen molar-refractivity contribution in [1.82, 2.24) is 14.9 Å². The van der Waals surface area contributed by atoms with E-state index in [1.54, 1.807) is 23.2 Å². The third-order valence-corrected chi connectivity index (χ3v) is 6.96. The molecule has 0 saturated carbocycles. The third-order valence-electron chi connectivity index (χ3n) is 5.46. The Morgan fingerprint density at radius 1 is 1.27 bits per heavy atom. The van der Waals surface area contributed by atoms with Gasteiger partial charge >= 0.3 is 6.18 Å². The maximum atomic E-state index is 13.0. The zero-order valence-corrected chi connectivity index (χ0v) is 20.1. The standard InChI is InChI=1S/C23H21BrF3N3O2S/c1-2-32-19-11-16(23(25,26)27)12-28-20(19)22(31)30-8-6-14(7-9-30)21-29-18(13-33-21)15-4-3-5-17(24)10-15/h3-5,10-14H,2,6-9H2,1H3. The number of amides is 1. The second-order valence-corrected chi connectivity index (χ2v) is 9.45. The van der Waals surface area contributed by atoms with Crippen LogP contribution in [-0.4, -0.2) is 40.5 Å². The molecule has 3 aromatic rings. The number of benzene rings is 1. The summed E-state index contributed by atoms with van der Waals surface area (Å²) in [6, 6.07) is 8.81. The Hall–Kier alpha value is -2.46. The molecule has 4 rings (SSSR count). The number of ether oxygens (including phenoxy) is 1. The minimum absolute atomic E-state index is 0.0884. The van der Waals surface area contributed by atoms with Gasteiger partial charge in [-0.15, -0.1) is 11.3 Å². The van der Waals surface area contributed by atoms with Gasteiger partial charge < -0.3 is 9.64 Å². The third kappa shape index (κ3) is 5.38. The van der Waals surface area contributed by atoms with Crippen molar-refractivity contribution in [3.05, 3.63) is 62.6 Å². The number of piperidine rings is 1. The van der Waals surface area contributed by atoms with Gasteiger partial charge in [-0.25, -0.2) is 9.97 Å². The molecule has 1 fully saturated rings. The van der Waals surface area contributed by atoms with E-state index in [0.717, 1.165) is 39.6 Å². The minimum atomic E-state index is -4.55. The molecule has 174 valence electrons. The van der Waals surface area contributed by atoms with Crippen molar-refractivity contribution < 1.29 is 22.7 Å². The average Bonchev–Trinajstić information content (AvgIpc) is 3.29. The first-order chi connectivity index (χ1) is 15.8. The molecule has 1 aliphatic rings. The summed E-state index contributed by atoms with van der Waals surface area (Å²) in [5.41, 5.74) is 0.933. The number of carbonyl (C=O) groups is 1. The van der Waals surface area contributed by atoms with E-state index in [4.69, 9.17) is 9.72 Å². The second-order valence-electron chi connectivity index (χ2n) is 7.65. The van der Waals surface area contributed by atoms with Crippen LogP contribution in [0, 0.1) is 0 Å². The molecule has 0 aliphatic carbocycles. The van der Waals surface area contributed by atoms with Crippen molar-refractivity contribution in [1.29, 1.82) is 0 Å². The summed E-state index contributed by atoms with van der Waals surface area (Å²) < 4.78 is 45.4. The fourth-order valence-electron chi connectivity index (χ4n) is 3.76. The van der Waals surface area contributed by atoms with Gasteiger partial charge in [-0.1, -0.05) is 28.1 Å². The van der Waals surface area contributed by atoms with Crippen molar-refractivity contribution >= 4 is 33.2 Å². The van der Waals surface area contributed by atoms with Crippen molar-refractivity contribution in [2.24, 2.45) is 0 Å². The topological polar surface area (TPSA) is 55.3 Å². The molecule has 0 radical (unpaired) electrons. The van der Waals surface area contributed by atoms with Crippen LogP contribution in [0.3, 0.4) is 0 Å². The Labute approximate surface area is 201 Å². The van der Waals surface area contributed by atoms with Crippen LogP contribution in [0.4, 0.5) is 13.2 Å². The predicted octanol–water partition coefficient (Wildman–Crippen LogP) is 6.40. The van der Waals surface area contributed by atoms with E-state index < -0.39 is 17.6 Å². The maximum absolute atomic E-state index is 13.0. The lowest BCUT2D eigenvalue weighted by Gasteiger charge is -2.31. The van der Waals surface area contributed by atoms with Gasteiger partial charge in [-0.2, -0.15) is 13.2 Å². The highest BCUT2D eigenvalue weighted by Crippen LogP contribution is 2.35. The Morgan fingerprint density at radius 2 is 2.03 bits per heavy atom. The van der Waals surface area contributed by atoms with Crippen LogP contribution in [0.2, 0.25) is 0 Å². The number of thiazole rings is 1. The average molecular weight is 540 g/mol. The van der Waals surface area contributed by atoms with Crippen molar-refractivity contribution in [3.63, 3.8) is 0 Å². The minimum Gasteiger partial charge on any atom is -0.491 e. The van der Waals surface area contributed by atoms with Gasteiger partial charge in [0.15, 0.2) is 11.4 Å². The van der Waals surface area contributed by atoms with Gasteiger partial charge in [0, 0.05) is 40.6 Å². The molecule has 1 aromatic carbocycles. The van der Waals surface area contributed by atoms with E-state index >= 15 is 0 Å². The number of likely N-dealkylation sites (tertiary alicyclic amines) is 1. The van der Waals surface area contributed by atoms with Gasteiger partial charge in [0.1, 0.15) is 0 Å². The quantitative estimate of drug-likeness (QED) is 0.376. The first-order valence-electron chi connectivity index (χ1n) is 10.5. The van der Waals surface area contributed by atoms with E-state index in [-0.39, 0.29) is 24.0 Å². The van der Waals surface area contributed by atoms with Crippen LogP contribution in [-0.2, 0) is 6.18 Å². The number of pyridine rings is 1. The van der Waals surface area contributed by atoms with Gasteiger partial charge in [0.2, 0.25) is 0 Å². The Morgan fingerprint density at radius 3 is 2.70 bits per heavy atom. The van der Waals surface area contributed by atoms with Crippen molar-refractivity contribution in [2.75, 3.05) is 19.7 Å². The molecule has 0 N–H and O–H groups in total. The van der Waals surface area contributed by atoms with E-state index in [1.165, 1.54) is 0 Å². The lowest BCUT2D eigenvalue weighted by atomic mass is 9.97. The number of rotatable bonds is 5. The molecule has 5 nitrogen and oxygen atoms in total. The summed E-state index contributed by atoms with van der Waals surface area (Å²) in [6.07, 6.45) is -2.42. The predicted molar refractivity (Wildman–Crippen MR) is 124 cm³/mol. The highest BCUT2D eigenvalue weighted by atomic mass is 79.9. The number of aromatic nitrogens is 2. The maximum Gasteiger partial charge on any atom is 0.418 e. The number of hydrogen-bond acceptors (Lipinski definition) is 5. The smallest absolute Gasteiger partial charge is 0.418 e. The summed E-state index contributed by atoms with van der Waals surface area (Å²) in [5.74, 6) is -0.329. The molecule has 0 atom stereocenters. The molecule has 1 aliphatic heterocycles. The van der Waals surface area contributed by atoms with Crippen LogP contribution >= 0.6 is 27.3 Å². The van der Waals surface area contributed by atoms with E-state index in [1.807, 2.05) is 29.6 Å². The lowest BCUT2D eigenvalue weighted by molar-refractivity contribution is -0.138. The molecular weight excluding hydrogens is 519 g/mol. The summed E-state index contributed by atoms with van der Waals surface area (Å²) in [7, 11) is 0. The molecule has 2 aromatic heterocycles. The summed E-state index contributed by atoms with van der Waals surface area (Å²) in [4.78, 5) is 23.2.